The van der Waals surface area contributed by atoms with Crippen molar-refractivity contribution in [2.75, 3.05) is 23.3 Å². The second-order valence-electron chi connectivity index (χ2n) is 7.86. The molecule has 3 aromatic carbocycles. The third-order valence-electron chi connectivity index (χ3n) is 5.59. The average Bonchev–Trinajstić information content (AvgIpc) is 3.30. The van der Waals surface area contributed by atoms with Crippen LogP contribution in [0.25, 0.3) is 0 Å². The molecule has 0 saturated carbocycles. The average molecular weight is 499 g/mol. The van der Waals surface area contributed by atoms with Crippen molar-refractivity contribution in [2.24, 2.45) is 0 Å². The zero-order valence-electron chi connectivity index (χ0n) is 19.0. The van der Waals surface area contributed by atoms with Crippen LogP contribution in [0.2, 0.25) is 0 Å². The lowest BCUT2D eigenvalue weighted by molar-refractivity contribution is -0.123. The highest BCUT2D eigenvalue weighted by atomic mass is 32.2. The molecule has 1 amide bonds. The summed E-state index contributed by atoms with van der Waals surface area (Å²) in [7, 11) is -2.63. The number of nitrogens with one attached hydrogen (secondary N) is 1. The van der Waals surface area contributed by atoms with Gasteiger partial charge in [0.15, 0.2) is 6.10 Å². The van der Waals surface area contributed by atoms with Crippen molar-refractivity contribution in [3.63, 3.8) is 0 Å². The number of para-hydroxylation sites is 1. The van der Waals surface area contributed by atoms with Crippen LogP contribution in [0.5, 0.6) is 5.75 Å². The second kappa shape index (κ2) is 9.75. The number of sulfonamides is 1. The van der Waals surface area contributed by atoms with Crippen molar-refractivity contribution in [3.05, 3.63) is 83.7 Å². The lowest BCUT2D eigenvalue weighted by atomic mass is 10.2. The molecule has 0 spiro atoms. The Hall–Kier alpha value is -3.92. The molecule has 1 unspecified atom stereocenters. The number of amides is 1. The summed E-state index contributed by atoms with van der Waals surface area (Å²) in [5.74, 6) is -1.92. The van der Waals surface area contributed by atoms with Gasteiger partial charge in [0.2, 0.25) is 0 Å². The fraction of sp³-hybridized carbons (Fsp3) is 0.200. The van der Waals surface area contributed by atoms with Crippen molar-refractivity contribution in [1.82, 2.24) is 0 Å². The molecular weight excluding hydrogens is 475 g/mol. The summed E-state index contributed by atoms with van der Waals surface area (Å²) in [5.41, 5.74) is 1.71. The molecule has 0 aromatic heterocycles. The third-order valence-corrected chi connectivity index (χ3v) is 7.40. The lowest BCUT2D eigenvalue weighted by Gasteiger charge is -2.20. The predicted molar refractivity (Wildman–Crippen MR) is 128 cm³/mol. The Morgan fingerprint density at radius 2 is 1.77 bits per heavy atom. The van der Waals surface area contributed by atoms with E-state index in [9.17, 15) is 22.4 Å². The minimum atomic E-state index is -3.96. The molecule has 3 aromatic rings. The van der Waals surface area contributed by atoms with E-state index < -0.39 is 33.8 Å². The Morgan fingerprint density at radius 3 is 2.49 bits per heavy atom. The molecule has 0 fully saturated rings. The molecule has 1 heterocycles. The number of nitrogens with zero attached hydrogens (tertiary/aromatic N) is 1. The Balaban J connectivity index is 1.55. The Labute approximate surface area is 202 Å². The Bertz CT molecular complexity index is 1370. The summed E-state index contributed by atoms with van der Waals surface area (Å²) in [5, 5.41) is 2.52. The number of benzene rings is 3. The largest absolute Gasteiger partial charge is 0.496 e. The van der Waals surface area contributed by atoms with E-state index in [1.54, 1.807) is 12.1 Å². The van der Waals surface area contributed by atoms with Gasteiger partial charge < -0.3 is 14.8 Å². The smallest absolute Gasteiger partial charge is 0.342 e. The first-order chi connectivity index (χ1) is 16.7. The number of rotatable bonds is 7. The molecular formula is C25H23FN2O6S. The Kier molecular flexibility index (Phi) is 6.74. The first-order valence-corrected chi connectivity index (χ1v) is 12.2. The number of carbonyl (C=O) groups is 2. The quantitative estimate of drug-likeness (QED) is 0.498. The standard InChI is InChI=1S/C25H23FN2O6S/c1-16(24(29)27-19-9-7-18(26)8-10-19)34-25(30)21-15-20(11-12-23(21)33-2)35(31,32)28-14-13-17-5-3-4-6-22(17)28/h3-12,15-16H,13-14H2,1-2H3,(H,27,29). The number of methoxy groups -OCH3 is 1. The molecule has 35 heavy (non-hydrogen) atoms. The second-order valence-corrected chi connectivity index (χ2v) is 9.72. The van der Waals surface area contributed by atoms with Crippen molar-refractivity contribution in [2.45, 2.75) is 24.3 Å². The maximum absolute atomic E-state index is 13.4. The van der Waals surface area contributed by atoms with E-state index in [0.29, 0.717) is 17.8 Å². The van der Waals surface area contributed by atoms with E-state index in [0.717, 1.165) is 5.56 Å². The van der Waals surface area contributed by atoms with Crippen LogP contribution in [0.4, 0.5) is 15.8 Å². The van der Waals surface area contributed by atoms with Crippen LogP contribution in [-0.2, 0) is 26.0 Å². The number of halogens is 1. The van der Waals surface area contributed by atoms with E-state index in [4.69, 9.17) is 9.47 Å². The van der Waals surface area contributed by atoms with Gasteiger partial charge >= 0.3 is 5.97 Å². The third kappa shape index (κ3) is 4.97. The molecule has 4 rings (SSSR count). The highest BCUT2D eigenvalue weighted by molar-refractivity contribution is 7.92. The molecule has 0 aliphatic carbocycles. The molecule has 10 heteroatoms. The first-order valence-electron chi connectivity index (χ1n) is 10.8. The highest BCUT2D eigenvalue weighted by Gasteiger charge is 2.32. The maximum atomic E-state index is 13.4. The van der Waals surface area contributed by atoms with Crippen LogP contribution in [0.1, 0.15) is 22.8 Å². The number of carbonyl (C=O) groups excluding carboxylic acids is 2. The maximum Gasteiger partial charge on any atom is 0.342 e. The molecule has 1 N–H and O–H groups in total. The molecule has 1 atom stereocenters. The summed E-state index contributed by atoms with van der Waals surface area (Å²) in [6, 6.07) is 16.2. The van der Waals surface area contributed by atoms with Crippen molar-refractivity contribution >= 4 is 33.3 Å². The predicted octanol–water partition coefficient (Wildman–Crippen LogP) is 3.77. The number of anilines is 2. The van der Waals surface area contributed by atoms with Gasteiger partial charge in [-0.15, -0.1) is 0 Å². The van der Waals surface area contributed by atoms with Gasteiger partial charge in [-0.2, -0.15) is 0 Å². The van der Waals surface area contributed by atoms with Gasteiger partial charge in [-0.25, -0.2) is 17.6 Å². The molecule has 0 radical (unpaired) electrons. The van der Waals surface area contributed by atoms with Gasteiger partial charge in [-0.3, -0.25) is 9.10 Å². The van der Waals surface area contributed by atoms with Gasteiger partial charge in [0.25, 0.3) is 15.9 Å². The monoisotopic (exact) mass is 498 g/mol. The van der Waals surface area contributed by atoms with E-state index in [2.05, 4.69) is 5.32 Å². The number of hydrogen-bond donors (Lipinski definition) is 1. The van der Waals surface area contributed by atoms with Crippen LogP contribution in [-0.4, -0.2) is 40.1 Å². The normalized spacial score (nSPS) is 13.6. The fourth-order valence-corrected chi connectivity index (χ4v) is 5.28. The first kappa shape index (κ1) is 24.2. The Morgan fingerprint density at radius 1 is 1.06 bits per heavy atom. The van der Waals surface area contributed by atoms with E-state index in [-0.39, 0.29) is 22.8 Å². The van der Waals surface area contributed by atoms with E-state index in [1.807, 2.05) is 12.1 Å². The lowest BCUT2D eigenvalue weighted by Crippen LogP contribution is -2.31. The van der Waals surface area contributed by atoms with Gasteiger partial charge in [0.05, 0.1) is 17.7 Å². The van der Waals surface area contributed by atoms with Crippen LogP contribution >= 0.6 is 0 Å². The minimum Gasteiger partial charge on any atom is -0.496 e. The molecule has 0 saturated heterocycles. The minimum absolute atomic E-state index is 0.0990. The van der Waals surface area contributed by atoms with Gasteiger partial charge in [0, 0.05) is 12.2 Å². The topological polar surface area (TPSA) is 102 Å². The zero-order chi connectivity index (χ0) is 25.2. The SMILES string of the molecule is COc1ccc(S(=O)(=O)N2CCc3ccccc32)cc1C(=O)OC(C)C(=O)Nc1ccc(F)cc1. The van der Waals surface area contributed by atoms with Crippen LogP contribution in [0, 0.1) is 5.82 Å². The summed E-state index contributed by atoms with van der Waals surface area (Å²) in [4.78, 5) is 25.2. The van der Waals surface area contributed by atoms with Gasteiger partial charge in [-0.1, -0.05) is 18.2 Å². The zero-order valence-corrected chi connectivity index (χ0v) is 19.8. The number of ether oxygens (including phenoxy) is 2. The van der Waals surface area contributed by atoms with Crippen LogP contribution in [0.3, 0.4) is 0 Å². The highest BCUT2D eigenvalue weighted by Crippen LogP contribution is 2.34. The molecule has 8 nitrogen and oxygen atoms in total. The van der Waals surface area contributed by atoms with Crippen molar-refractivity contribution in [1.29, 1.82) is 0 Å². The number of esters is 1. The van der Waals surface area contributed by atoms with E-state index in [1.165, 1.54) is 60.8 Å². The molecule has 182 valence electrons. The van der Waals surface area contributed by atoms with Crippen LogP contribution in [0.15, 0.2) is 71.6 Å². The summed E-state index contributed by atoms with van der Waals surface area (Å²) in [6.07, 6.45) is -0.635. The molecule has 1 aliphatic heterocycles. The summed E-state index contributed by atoms with van der Waals surface area (Å²) in [6.45, 7) is 1.65. The van der Waals surface area contributed by atoms with Gasteiger partial charge in [-0.05, 0) is 67.4 Å². The van der Waals surface area contributed by atoms with Crippen LogP contribution < -0.4 is 14.4 Å². The van der Waals surface area contributed by atoms with E-state index >= 15 is 0 Å². The number of fused-ring (bicyclic) bond motifs is 1. The summed E-state index contributed by atoms with van der Waals surface area (Å²) >= 11 is 0. The molecule has 0 bridgehead atoms. The fourth-order valence-electron chi connectivity index (χ4n) is 3.75. The van der Waals surface area contributed by atoms with Gasteiger partial charge in [0.1, 0.15) is 17.1 Å². The number of hydrogen-bond acceptors (Lipinski definition) is 6. The van der Waals surface area contributed by atoms with Crippen molar-refractivity contribution < 1.29 is 31.9 Å². The van der Waals surface area contributed by atoms with Crippen molar-refractivity contribution in [3.8, 4) is 5.75 Å². The summed E-state index contributed by atoms with van der Waals surface area (Å²) < 4.78 is 51.6. The molecule has 1 aliphatic rings.